The van der Waals surface area contributed by atoms with E-state index >= 15 is 0 Å². The average Bonchev–Trinajstić information content (AvgIpc) is 2.60. The summed E-state index contributed by atoms with van der Waals surface area (Å²) in [4.78, 5) is 21.1. The topological polar surface area (TPSA) is 104 Å². The van der Waals surface area contributed by atoms with Crippen LogP contribution < -0.4 is 16.2 Å². The average molecular weight is 348 g/mol. The molecular weight excluding hydrogens is 328 g/mol. The van der Waals surface area contributed by atoms with E-state index in [4.69, 9.17) is 21.2 Å². The lowest BCUT2D eigenvalue weighted by molar-refractivity contribution is 0.100. The molecule has 0 unspecified atom stereocenters. The minimum atomic E-state index is -0.516. The number of amides is 1. The number of nitrogens with two attached hydrogens (primary N) is 2. The van der Waals surface area contributed by atoms with Crippen LogP contribution in [-0.2, 0) is 0 Å². The number of benzene rings is 2. The molecule has 1 heterocycles. The number of pyridine rings is 1. The molecule has 3 aromatic rings. The van der Waals surface area contributed by atoms with Crippen molar-refractivity contribution in [1.82, 2.24) is 4.98 Å². The van der Waals surface area contributed by atoms with Gasteiger partial charge in [0.15, 0.2) is 5.96 Å². The Morgan fingerprint density at radius 1 is 1.08 bits per heavy atom. The van der Waals surface area contributed by atoms with Crippen LogP contribution in [-0.4, -0.2) is 24.0 Å². The second-order valence-electron chi connectivity index (χ2n) is 6.02. The third kappa shape index (κ3) is 3.09. The zero-order valence-corrected chi connectivity index (χ0v) is 14.9. The number of aryl methyl sites for hydroxylation is 2. The summed E-state index contributed by atoms with van der Waals surface area (Å²) < 4.78 is 5.54. The number of rotatable bonds is 3. The van der Waals surface area contributed by atoms with Gasteiger partial charge in [0, 0.05) is 10.9 Å². The molecule has 3 rings (SSSR count). The van der Waals surface area contributed by atoms with E-state index in [2.05, 4.69) is 4.99 Å². The van der Waals surface area contributed by atoms with Gasteiger partial charge in [-0.1, -0.05) is 36.4 Å². The standard InChI is InChI=1S/C20H20N4O2/c1-11-6-4-5-7-13(11)16-10-15(19(25)24-20(21)22)14-9-8-12(2)18(26-3)17(14)23-16/h4-10H,1-3H3,(H4,21,22,24,25). The van der Waals surface area contributed by atoms with Crippen LogP contribution in [0.15, 0.2) is 47.5 Å². The Bertz CT molecular complexity index is 1040. The molecule has 6 nitrogen and oxygen atoms in total. The van der Waals surface area contributed by atoms with Gasteiger partial charge in [0.05, 0.1) is 18.4 Å². The van der Waals surface area contributed by atoms with Crippen LogP contribution in [0.2, 0.25) is 0 Å². The number of methoxy groups -OCH3 is 1. The fourth-order valence-electron chi connectivity index (χ4n) is 2.98. The van der Waals surface area contributed by atoms with Crippen LogP contribution in [0.25, 0.3) is 22.2 Å². The Balaban J connectivity index is 2.39. The highest BCUT2D eigenvalue weighted by molar-refractivity contribution is 6.11. The number of nitrogens with zero attached hydrogens (tertiary/aromatic N) is 2. The first kappa shape index (κ1) is 17.4. The molecule has 0 saturated carbocycles. The van der Waals surface area contributed by atoms with E-state index in [1.54, 1.807) is 13.2 Å². The number of aliphatic imine (C=N–C) groups is 1. The third-order valence-electron chi connectivity index (χ3n) is 4.22. The molecule has 1 amide bonds. The second kappa shape index (κ2) is 6.84. The second-order valence-corrected chi connectivity index (χ2v) is 6.02. The SMILES string of the molecule is COc1c(C)ccc2c(C(=O)N=C(N)N)cc(-c3ccccc3C)nc12. The predicted octanol–water partition coefficient (Wildman–Crippen LogP) is 2.94. The van der Waals surface area contributed by atoms with E-state index in [9.17, 15) is 4.79 Å². The zero-order valence-electron chi connectivity index (χ0n) is 14.9. The van der Waals surface area contributed by atoms with Crippen LogP contribution in [0.5, 0.6) is 5.75 Å². The van der Waals surface area contributed by atoms with Crippen molar-refractivity contribution in [2.45, 2.75) is 13.8 Å². The summed E-state index contributed by atoms with van der Waals surface area (Å²) in [5, 5.41) is 0.639. The highest BCUT2D eigenvalue weighted by atomic mass is 16.5. The van der Waals surface area contributed by atoms with Crippen LogP contribution in [0.3, 0.4) is 0 Å². The Hall–Kier alpha value is -3.41. The highest BCUT2D eigenvalue weighted by Gasteiger charge is 2.18. The molecule has 0 radical (unpaired) electrons. The summed E-state index contributed by atoms with van der Waals surface area (Å²) in [6.45, 7) is 3.92. The summed E-state index contributed by atoms with van der Waals surface area (Å²) in [5.74, 6) is -0.175. The van der Waals surface area contributed by atoms with Gasteiger partial charge >= 0.3 is 0 Å². The number of aromatic nitrogens is 1. The minimum absolute atomic E-state index is 0.281. The first-order valence-electron chi connectivity index (χ1n) is 8.10. The summed E-state index contributed by atoms with van der Waals surface area (Å²) in [5.41, 5.74) is 15.3. The molecule has 0 spiro atoms. The largest absolute Gasteiger partial charge is 0.494 e. The molecule has 0 atom stereocenters. The van der Waals surface area contributed by atoms with Crippen LogP contribution in [0, 0.1) is 13.8 Å². The van der Waals surface area contributed by atoms with Gasteiger partial charge in [-0.05, 0) is 31.0 Å². The number of hydrogen-bond acceptors (Lipinski definition) is 3. The number of fused-ring (bicyclic) bond motifs is 1. The van der Waals surface area contributed by atoms with Crippen molar-refractivity contribution in [3.8, 4) is 17.0 Å². The number of guanidine groups is 1. The summed E-state index contributed by atoms with van der Waals surface area (Å²) in [6, 6.07) is 13.3. The fraction of sp³-hybridized carbons (Fsp3) is 0.150. The highest BCUT2D eigenvalue weighted by Crippen LogP contribution is 2.33. The molecule has 0 fully saturated rings. The molecule has 4 N–H and O–H groups in total. The number of carbonyl (C=O) groups is 1. The first-order chi connectivity index (χ1) is 12.4. The molecule has 0 aliphatic carbocycles. The van der Waals surface area contributed by atoms with Crippen molar-refractivity contribution < 1.29 is 9.53 Å². The van der Waals surface area contributed by atoms with E-state index < -0.39 is 5.91 Å². The summed E-state index contributed by atoms with van der Waals surface area (Å²) >= 11 is 0. The van der Waals surface area contributed by atoms with Crippen molar-refractivity contribution >= 4 is 22.8 Å². The van der Waals surface area contributed by atoms with Crippen LogP contribution in [0.4, 0.5) is 0 Å². The van der Waals surface area contributed by atoms with Gasteiger partial charge < -0.3 is 16.2 Å². The first-order valence-corrected chi connectivity index (χ1v) is 8.10. The van der Waals surface area contributed by atoms with Gasteiger partial charge in [-0.25, -0.2) is 4.98 Å². The molecule has 0 aliphatic rings. The molecule has 26 heavy (non-hydrogen) atoms. The zero-order chi connectivity index (χ0) is 18.8. The lowest BCUT2D eigenvalue weighted by atomic mass is 9.99. The maximum atomic E-state index is 12.6. The smallest absolute Gasteiger partial charge is 0.280 e. The Kier molecular flexibility index (Phi) is 4.58. The van der Waals surface area contributed by atoms with E-state index in [1.165, 1.54) is 0 Å². The minimum Gasteiger partial charge on any atom is -0.494 e. The van der Waals surface area contributed by atoms with E-state index in [0.717, 1.165) is 16.7 Å². The van der Waals surface area contributed by atoms with Gasteiger partial charge in [0.1, 0.15) is 11.3 Å². The van der Waals surface area contributed by atoms with Gasteiger partial charge in [-0.2, -0.15) is 4.99 Å². The Morgan fingerprint density at radius 2 is 1.81 bits per heavy atom. The predicted molar refractivity (Wildman–Crippen MR) is 103 cm³/mol. The summed E-state index contributed by atoms with van der Waals surface area (Å²) in [7, 11) is 1.58. The molecule has 1 aromatic heterocycles. The fourth-order valence-corrected chi connectivity index (χ4v) is 2.98. The van der Waals surface area contributed by atoms with Crippen LogP contribution >= 0.6 is 0 Å². The maximum absolute atomic E-state index is 12.6. The van der Waals surface area contributed by atoms with Crippen molar-refractivity contribution in [2.75, 3.05) is 7.11 Å². The molecule has 0 saturated heterocycles. The van der Waals surface area contributed by atoms with Gasteiger partial charge in [-0.3, -0.25) is 4.79 Å². The normalized spacial score (nSPS) is 10.6. The van der Waals surface area contributed by atoms with E-state index in [1.807, 2.05) is 50.2 Å². The summed E-state index contributed by atoms with van der Waals surface area (Å²) in [6.07, 6.45) is 0. The van der Waals surface area contributed by atoms with Crippen molar-refractivity contribution in [1.29, 1.82) is 0 Å². The van der Waals surface area contributed by atoms with Gasteiger partial charge in [0.2, 0.25) is 0 Å². The number of carbonyl (C=O) groups excluding carboxylic acids is 1. The molecule has 132 valence electrons. The van der Waals surface area contributed by atoms with Gasteiger partial charge in [-0.15, -0.1) is 0 Å². The molecule has 6 heteroatoms. The Morgan fingerprint density at radius 3 is 2.46 bits per heavy atom. The van der Waals surface area contributed by atoms with Crippen molar-refractivity contribution in [3.63, 3.8) is 0 Å². The van der Waals surface area contributed by atoms with Crippen molar-refractivity contribution in [2.24, 2.45) is 16.5 Å². The molecular formula is C20H20N4O2. The molecule has 0 bridgehead atoms. The van der Waals surface area contributed by atoms with Gasteiger partial charge in [0.25, 0.3) is 5.91 Å². The quantitative estimate of drug-likeness (QED) is 0.559. The number of ether oxygens (including phenoxy) is 1. The third-order valence-corrected chi connectivity index (χ3v) is 4.22. The van der Waals surface area contributed by atoms with E-state index in [-0.39, 0.29) is 5.96 Å². The number of hydrogen-bond donors (Lipinski definition) is 2. The monoisotopic (exact) mass is 348 g/mol. The Labute approximate surface area is 151 Å². The van der Waals surface area contributed by atoms with E-state index in [0.29, 0.717) is 27.9 Å². The lowest BCUT2D eigenvalue weighted by Gasteiger charge is -2.13. The maximum Gasteiger partial charge on any atom is 0.280 e. The van der Waals surface area contributed by atoms with Crippen LogP contribution in [0.1, 0.15) is 21.5 Å². The molecule has 0 aliphatic heterocycles. The van der Waals surface area contributed by atoms with Crippen molar-refractivity contribution in [3.05, 3.63) is 59.2 Å². The molecule has 2 aromatic carbocycles. The lowest BCUT2D eigenvalue weighted by Crippen LogP contribution is -2.24.